The molecule has 1 amide bonds. The number of nitrogens with zero attached hydrogens (tertiary/aromatic N) is 1. The molecule has 0 spiro atoms. The lowest BCUT2D eigenvalue weighted by atomic mass is 10.1. The van der Waals surface area contributed by atoms with Crippen LogP contribution in [-0.4, -0.2) is 58.6 Å². The van der Waals surface area contributed by atoms with Crippen molar-refractivity contribution in [1.82, 2.24) is 4.90 Å². The Balaban J connectivity index is 3.18. The molecule has 1 heterocycles. The Morgan fingerprint density at radius 3 is 1.96 bits per heavy atom. The molecule has 0 saturated carbocycles. The molecule has 0 aromatic carbocycles. The third-order valence-corrected chi connectivity index (χ3v) is 3.11. The van der Waals surface area contributed by atoms with Crippen LogP contribution in [-0.2, 0) is 28.6 Å². The summed E-state index contributed by atoms with van der Waals surface area (Å²) in [6.45, 7) is 11.6. The van der Waals surface area contributed by atoms with E-state index in [-0.39, 0.29) is 13.0 Å². The highest BCUT2D eigenvalue weighted by molar-refractivity contribution is 6.10. The number of ketones is 1. The Morgan fingerprint density at radius 1 is 1.00 bits per heavy atom. The van der Waals surface area contributed by atoms with Crippen LogP contribution >= 0.6 is 0 Å². The molecular weight excluding hydrogens is 330 g/mol. The molecule has 0 aromatic heterocycles. The molecule has 1 rings (SSSR count). The molecule has 25 heavy (non-hydrogen) atoms. The molecule has 8 nitrogen and oxygen atoms in total. The first-order valence-electron chi connectivity index (χ1n) is 8.20. The number of Topliss-reactive ketones (excluding diaryl/α,β-unsaturated/α-hetero) is 1. The van der Waals surface area contributed by atoms with Crippen LogP contribution in [0.2, 0.25) is 0 Å². The van der Waals surface area contributed by atoms with Gasteiger partial charge in [0, 0.05) is 6.42 Å². The van der Waals surface area contributed by atoms with Crippen LogP contribution in [0.5, 0.6) is 0 Å². The first-order valence-corrected chi connectivity index (χ1v) is 8.20. The Labute approximate surface area is 147 Å². The van der Waals surface area contributed by atoms with Crippen molar-refractivity contribution in [3.05, 3.63) is 0 Å². The molecule has 0 N–H and O–H groups in total. The minimum Gasteiger partial charge on any atom is -0.464 e. The van der Waals surface area contributed by atoms with Crippen molar-refractivity contribution in [1.29, 1.82) is 0 Å². The van der Waals surface area contributed by atoms with Gasteiger partial charge in [-0.1, -0.05) is 0 Å². The monoisotopic (exact) mass is 357 g/mol. The van der Waals surface area contributed by atoms with E-state index < -0.39 is 47.1 Å². The van der Waals surface area contributed by atoms with Gasteiger partial charge in [0.2, 0.25) is 0 Å². The number of amides is 1. The van der Waals surface area contributed by atoms with Crippen molar-refractivity contribution in [2.45, 2.75) is 78.2 Å². The average Bonchev–Trinajstić information content (AvgIpc) is 2.73. The lowest BCUT2D eigenvalue weighted by Crippen LogP contribution is -2.52. The fourth-order valence-corrected chi connectivity index (χ4v) is 2.32. The standard InChI is InChI=1S/C17H27NO7/c1-8-23-14(21)12-11(19)9-10(13(20)24-16(2,3)4)18(12)15(22)25-17(5,6)7/h10,12H,8-9H2,1-7H3/t10-,12+/m0/s1. The number of esters is 2. The maximum atomic E-state index is 12.5. The van der Waals surface area contributed by atoms with E-state index in [9.17, 15) is 19.2 Å². The second-order valence-electron chi connectivity index (χ2n) is 7.76. The van der Waals surface area contributed by atoms with Crippen LogP contribution in [0.1, 0.15) is 54.9 Å². The number of rotatable bonds is 3. The van der Waals surface area contributed by atoms with Gasteiger partial charge >= 0.3 is 18.0 Å². The molecule has 142 valence electrons. The molecular formula is C17H27NO7. The Hall–Kier alpha value is -2.12. The van der Waals surface area contributed by atoms with Gasteiger partial charge in [-0.2, -0.15) is 0 Å². The van der Waals surface area contributed by atoms with E-state index in [4.69, 9.17) is 14.2 Å². The molecule has 0 unspecified atom stereocenters. The maximum Gasteiger partial charge on any atom is 0.412 e. The second kappa shape index (κ2) is 7.41. The predicted molar refractivity (Wildman–Crippen MR) is 87.8 cm³/mol. The Kier molecular flexibility index (Phi) is 6.20. The molecule has 0 aromatic rings. The second-order valence-corrected chi connectivity index (χ2v) is 7.76. The summed E-state index contributed by atoms with van der Waals surface area (Å²) in [6, 6.07) is -2.73. The molecule has 1 aliphatic heterocycles. The summed E-state index contributed by atoms with van der Waals surface area (Å²) in [4.78, 5) is 50.3. The number of hydrogen-bond donors (Lipinski definition) is 0. The summed E-state index contributed by atoms with van der Waals surface area (Å²) in [5.41, 5.74) is -1.66. The summed E-state index contributed by atoms with van der Waals surface area (Å²) in [6.07, 6.45) is -1.26. The van der Waals surface area contributed by atoms with Gasteiger partial charge in [0.1, 0.15) is 17.2 Å². The zero-order valence-electron chi connectivity index (χ0n) is 15.9. The molecule has 2 atom stereocenters. The van der Waals surface area contributed by atoms with E-state index in [0.717, 1.165) is 4.90 Å². The zero-order chi connectivity index (χ0) is 19.6. The lowest BCUT2D eigenvalue weighted by molar-refractivity contribution is -0.161. The van der Waals surface area contributed by atoms with Crippen LogP contribution in [0.15, 0.2) is 0 Å². The highest BCUT2D eigenvalue weighted by Gasteiger charge is 2.53. The average molecular weight is 357 g/mol. The van der Waals surface area contributed by atoms with Crippen molar-refractivity contribution in [3.8, 4) is 0 Å². The van der Waals surface area contributed by atoms with E-state index in [1.807, 2.05) is 0 Å². The van der Waals surface area contributed by atoms with Crippen molar-refractivity contribution in [2.75, 3.05) is 6.61 Å². The summed E-state index contributed by atoms with van der Waals surface area (Å²) >= 11 is 0. The molecule has 8 heteroatoms. The van der Waals surface area contributed by atoms with E-state index in [0.29, 0.717) is 0 Å². The predicted octanol–water partition coefficient (Wildman–Crippen LogP) is 1.84. The highest BCUT2D eigenvalue weighted by atomic mass is 16.6. The quantitative estimate of drug-likeness (QED) is 0.432. The van der Waals surface area contributed by atoms with Gasteiger partial charge in [-0.05, 0) is 48.5 Å². The van der Waals surface area contributed by atoms with Crippen LogP contribution < -0.4 is 0 Å². The third kappa shape index (κ3) is 5.72. The molecule has 1 aliphatic rings. The van der Waals surface area contributed by atoms with E-state index in [1.54, 1.807) is 48.5 Å². The Morgan fingerprint density at radius 2 is 1.52 bits per heavy atom. The first kappa shape index (κ1) is 20.9. The number of likely N-dealkylation sites (tertiary alicyclic amines) is 1. The number of carbonyl (C=O) groups is 4. The molecule has 1 fully saturated rings. The zero-order valence-corrected chi connectivity index (χ0v) is 15.9. The fraction of sp³-hybridized carbons (Fsp3) is 0.765. The van der Waals surface area contributed by atoms with E-state index >= 15 is 0 Å². The normalized spacial score (nSPS) is 21.1. The SMILES string of the molecule is CCOC(=O)[C@H]1C(=O)C[C@@H](C(=O)OC(C)(C)C)N1C(=O)OC(C)(C)C. The molecule has 0 radical (unpaired) electrons. The van der Waals surface area contributed by atoms with Gasteiger partial charge in [0.05, 0.1) is 6.61 Å². The first-order chi connectivity index (χ1) is 11.3. The third-order valence-electron chi connectivity index (χ3n) is 3.11. The summed E-state index contributed by atoms with van der Waals surface area (Å²) in [5, 5.41) is 0. The van der Waals surface area contributed by atoms with Gasteiger partial charge < -0.3 is 14.2 Å². The van der Waals surface area contributed by atoms with Crippen molar-refractivity contribution in [3.63, 3.8) is 0 Å². The van der Waals surface area contributed by atoms with Crippen molar-refractivity contribution >= 4 is 23.8 Å². The van der Waals surface area contributed by atoms with Gasteiger partial charge in [-0.25, -0.2) is 14.4 Å². The number of hydrogen-bond acceptors (Lipinski definition) is 7. The van der Waals surface area contributed by atoms with Crippen LogP contribution in [0.25, 0.3) is 0 Å². The van der Waals surface area contributed by atoms with E-state index in [2.05, 4.69) is 0 Å². The highest BCUT2D eigenvalue weighted by Crippen LogP contribution is 2.27. The number of carbonyl (C=O) groups excluding carboxylic acids is 4. The van der Waals surface area contributed by atoms with Gasteiger partial charge in [0.25, 0.3) is 0 Å². The fourth-order valence-electron chi connectivity index (χ4n) is 2.32. The summed E-state index contributed by atoms with van der Waals surface area (Å²) in [5.74, 6) is -2.23. The number of ether oxygens (including phenoxy) is 3. The van der Waals surface area contributed by atoms with Crippen LogP contribution in [0.3, 0.4) is 0 Å². The van der Waals surface area contributed by atoms with Gasteiger partial charge in [-0.15, -0.1) is 0 Å². The molecule has 0 aliphatic carbocycles. The van der Waals surface area contributed by atoms with E-state index in [1.165, 1.54) is 0 Å². The topological polar surface area (TPSA) is 99.2 Å². The summed E-state index contributed by atoms with van der Waals surface area (Å²) < 4.78 is 15.4. The summed E-state index contributed by atoms with van der Waals surface area (Å²) in [7, 11) is 0. The van der Waals surface area contributed by atoms with Crippen molar-refractivity contribution < 1.29 is 33.4 Å². The molecule has 0 bridgehead atoms. The van der Waals surface area contributed by atoms with Gasteiger partial charge in [-0.3, -0.25) is 9.69 Å². The Bertz CT molecular complexity index is 556. The minimum atomic E-state index is -1.51. The smallest absolute Gasteiger partial charge is 0.412 e. The van der Waals surface area contributed by atoms with Crippen molar-refractivity contribution in [2.24, 2.45) is 0 Å². The van der Waals surface area contributed by atoms with Gasteiger partial charge in [0.15, 0.2) is 11.8 Å². The van der Waals surface area contributed by atoms with Crippen LogP contribution in [0, 0.1) is 0 Å². The lowest BCUT2D eigenvalue weighted by Gasteiger charge is -2.31. The minimum absolute atomic E-state index is 0.0435. The largest absolute Gasteiger partial charge is 0.464 e. The molecule has 1 saturated heterocycles. The maximum absolute atomic E-state index is 12.5. The van der Waals surface area contributed by atoms with Crippen LogP contribution in [0.4, 0.5) is 4.79 Å².